The Morgan fingerprint density at radius 1 is 1.09 bits per heavy atom. The van der Waals surface area contributed by atoms with Gasteiger partial charge in [0.05, 0.1) is 6.61 Å². The fraction of sp³-hybridized carbons (Fsp3) is 0.741. The molecule has 1 amide bonds. The number of nitrogens with one attached hydrogen (secondary N) is 1. The van der Waals surface area contributed by atoms with Crippen LogP contribution < -0.4 is 15.0 Å². The summed E-state index contributed by atoms with van der Waals surface area (Å²) in [5.74, 6) is 1.06. The summed E-state index contributed by atoms with van der Waals surface area (Å²) < 4.78 is 11.5. The molecule has 0 aromatic heterocycles. The Kier molecular flexibility index (Phi) is 14.8. The summed E-state index contributed by atoms with van der Waals surface area (Å²) in [6.45, 7) is 9.16. The fourth-order valence-corrected chi connectivity index (χ4v) is 5.07. The first-order valence-corrected chi connectivity index (χ1v) is 14.3. The molecule has 33 heavy (non-hydrogen) atoms. The van der Waals surface area contributed by atoms with Gasteiger partial charge in [-0.15, -0.1) is 0 Å². The third-order valence-corrected chi connectivity index (χ3v) is 7.95. The zero-order valence-corrected chi connectivity index (χ0v) is 23.4. The van der Waals surface area contributed by atoms with Crippen molar-refractivity contribution in [2.24, 2.45) is 5.41 Å². The molecule has 0 aliphatic rings. The molecule has 190 valence electrons. The van der Waals surface area contributed by atoms with Crippen molar-refractivity contribution in [1.82, 2.24) is 5.32 Å². The molecule has 0 aliphatic carbocycles. The van der Waals surface area contributed by atoms with Gasteiger partial charge in [-0.2, -0.15) is 0 Å². The number of carbonyl (C=O) groups is 1. The number of rotatable bonds is 18. The zero-order chi connectivity index (χ0) is 24.7. The van der Waals surface area contributed by atoms with E-state index in [1.807, 2.05) is 26.2 Å². The molecule has 1 aromatic carbocycles. The topological polar surface area (TPSA) is 50.8 Å². The molecule has 0 heterocycles. The zero-order valence-electron chi connectivity index (χ0n) is 22.1. The molecule has 6 heteroatoms. The molecule has 2 unspecified atom stereocenters. The first kappa shape index (κ1) is 29.8. The third-order valence-electron chi connectivity index (χ3n) is 6.05. The molecule has 0 fully saturated rings. The summed E-state index contributed by atoms with van der Waals surface area (Å²) >= 11 is 0.691. The molecule has 1 N–H and O–H groups in total. The second kappa shape index (κ2) is 16.4. The van der Waals surface area contributed by atoms with Crippen LogP contribution in [0.3, 0.4) is 0 Å². The van der Waals surface area contributed by atoms with Crippen molar-refractivity contribution < 1.29 is 29.5 Å². The van der Waals surface area contributed by atoms with Crippen LogP contribution in [-0.4, -0.2) is 45.9 Å². The van der Waals surface area contributed by atoms with Crippen LogP contribution in [0.15, 0.2) is 24.3 Å². The first-order valence-electron chi connectivity index (χ1n) is 12.5. The summed E-state index contributed by atoms with van der Waals surface area (Å²) in [5, 5.41) is 5.77. The van der Waals surface area contributed by atoms with Crippen molar-refractivity contribution in [3.8, 4) is 5.75 Å². The molecule has 5 nitrogen and oxygen atoms in total. The molecule has 0 saturated heterocycles. The summed E-state index contributed by atoms with van der Waals surface area (Å²) in [7, 11) is 5.83. The Labute approximate surface area is 209 Å². The Hall–Kier alpha value is -1.22. The minimum atomic E-state index is -0.358. The van der Waals surface area contributed by atoms with Gasteiger partial charge in [-0.25, -0.2) is 0 Å². The van der Waals surface area contributed by atoms with Crippen LogP contribution in [0.1, 0.15) is 72.6 Å². The predicted molar refractivity (Wildman–Crippen MR) is 136 cm³/mol. The molecular weight excluding hydrogens is 452 g/mol. The summed E-state index contributed by atoms with van der Waals surface area (Å²) in [6, 6.07) is 8.25. The smallest absolute Gasteiger partial charge is 0.494 e. The monoisotopic (exact) mass is 500 g/mol. The van der Waals surface area contributed by atoms with Crippen molar-refractivity contribution in [2.45, 2.75) is 95.4 Å². The fourth-order valence-electron chi connectivity index (χ4n) is 3.68. The molecule has 0 saturated carbocycles. The van der Waals surface area contributed by atoms with Crippen LogP contribution >= 0.6 is 0 Å². The second-order valence-corrected chi connectivity index (χ2v) is 11.6. The minimum Gasteiger partial charge on any atom is -0.494 e. The van der Waals surface area contributed by atoms with Crippen molar-refractivity contribution in [2.75, 3.05) is 32.7 Å². The van der Waals surface area contributed by atoms with E-state index in [4.69, 9.17) is 9.47 Å². The number of hydrogen-bond donors (Lipinski definition) is 1. The average molecular weight is 501 g/mol. The summed E-state index contributed by atoms with van der Waals surface area (Å²) in [5.41, 5.74) is 0.817. The molecule has 0 bridgehead atoms. The van der Waals surface area contributed by atoms with E-state index >= 15 is 0 Å². The van der Waals surface area contributed by atoms with E-state index in [2.05, 4.69) is 50.0 Å². The Morgan fingerprint density at radius 2 is 1.76 bits per heavy atom. The minimum absolute atomic E-state index is 0.0446. The van der Waals surface area contributed by atoms with Crippen LogP contribution in [0, 0.1) is 5.41 Å². The van der Waals surface area contributed by atoms with E-state index in [1.165, 1.54) is 22.7 Å². The van der Waals surface area contributed by atoms with Crippen LogP contribution in [-0.2, 0) is 24.8 Å². The van der Waals surface area contributed by atoms with E-state index in [9.17, 15) is 4.79 Å². The number of anilines is 1. The maximum absolute atomic E-state index is 12.9. The molecule has 2 atom stereocenters. The Morgan fingerprint density at radius 3 is 2.36 bits per heavy atom. The van der Waals surface area contributed by atoms with Gasteiger partial charge < -0.3 is 9.64 Å². The van der Waals surface area contributed by atoms with Crippen molar-refractivity contribution in [1.29, 1.82) is 0 Å². The van der Waals surface area contributed by atoms with Gasteiger partial charge in [0.2, 0.25) is 0 Å². The first-order chi connectivity index (χ1) is 15.7. The molecule has 0 radical (unpaired) electrons. The number of carbonyl (C=O) groups excluding carboxylic acids is 1. The number of ether oxygens (including phenoxy) is 2. The summed E-state index contributed by atoms with van der Waals surface area (Å²) in [4.78, 5) is 15.0. The number of nitrogens with zero attached hydrogens (tertiary/aromatic N) is 1. The quantitative estimate of drug-likeness (QED) is 0.239. The van der Waals surface area contributed by atoms with E-state index in [0.29, 0.717) is 15.2 Å². The van der Waals surface area contributed by atoms with Gasteiger partial charge in [-0.1, -0.05) is 0 Å². The average Bonchev–Trinajstić information content (AvgIpc) is 2.78. The second-order valence-electron chi connectivity index (χ2n) is 9.72. The third kappa shape index (κ3) is 12.2. The number of unbranched alkanes of at least 4 members (excludes halogenated alkanes) is 3. The van der Waals surface area contributed by atoms with E-state index in [-0.39, 0.29) is 23.5 Å². The normalized spacial score (nSPS) is 13.4. The van der Waals surface area contributed by atoms with Crippen LogP contribution in [0.5, 0.6) is 5.75 Å². The van der Waals surface area contributed by atoms with Gasteiger partial charge in [0.1, 0.15) is 5.75 Å². The molecule has 0 aliphatic heterocycles. The Balaban J connectivity index is 2.23. The standard InChI is InChI=1S/C24H41N2O3.C3H7.Cr/c1-8-22(28-7)19(2)25-23(27)24(3,4)17-11-9-10-12-18-29-21-15-13-20(14-16-21)26(5)6;1-3-2;/h13-16,19,22H,1,8-12,17-18H2,2-7H3,(H,25,27);1,3H2,2H3;. The Bertz CT molecular complexity index is 649. The predicted octanol–water partition coefficient (Wildman–Crippen LogP) is 6.35. The maximum atomic E-state index is 12.9. The van der Waals surface area contributed by atoms with E-state index < -0.39 is 0 Å². The van der Waals surface area contributed by atoms with Crippen LogP contribution in [0.2, 0.25) is 10.6 Å². The number of methoxy groups -OCH3 is 1. The molecule has 1 rings (SSSR count). The number of hydrogen-bond acceptors (Lipinski definition) is 4. The van der Waals surface area contributed by atoms with Crippen molar-refractivity contribution in [3.63, 3.8) is 0 Å². The van der Waals surface area contributed by atoms with Gasteiger partial charge >= 0.3 is 144 Å². The van der Waals surface area contributed by atoms with Crippen LogP contribution in [0.25, 0.3) is 0 Å². The summed E-state index contributed by atoms with van der Waals surface area (Å²) in [6.07, 6.45) is 7.62. The van der Waals surface area contributed by atoms with E-state index in [0.717, 1.165) is 50.9 Å². The van der Waals surface area contributed by atoms with Gasteiger partial charge in [-0.05, 0) is 24.3 Å². The SMILES string of the molecule is CC[CH2][Cr][CH2]CC(OC)C(C)NC(=O)C(C)(C)CCCCCCOc1ccc(N(C)C)cc1. The van der Waals surface area contributed by atoms with E-state index in [1.54, 1.807) is 7.11 Å². The number of amides is 1. The van der Waals surface area contributed by atoms with Gasteiger partial charge in [-0.3, -0.25) is 0 Å². The molecular formula is C27H48CrN2O3. The van der Waals surface area contributed by atoms with Crippen LogP contribution in [0.4, 0.5) is 5.69 Å². The molecule has 1 aromatic rings. The number of benzene rings is 1. The van der Waals surface area contributed by atoms with Gasteiger partial charge in [0, 0.05) is 19.8 Å². The van der Waals surface area contributed by atoms with Crippen molar-refractivity contribution >= 4 is 11.6 Å². The van der Waals surface area contributed by atoms with Gasteiger partial charge in [0.25, 0.3) is 0 Å². The van der Waals surface area contributed by atoms with Gasteiger partial charge in [0.15, 0.2) is 0 Å². The van der Waals surface area contributed by atoms with Crippen molar-refractivity contribution in [3.05, 3.63) is 24.3 Å². The molecule has 0 spiro atoms.